The van der Waals surface area contributed by atoms with Gasteiger partial charge in [-0.2, -0.15) is 0 Å². The molecule has 0 aromatic carbocycles. The molecule has 0 spiro atoms. The van der Waals surface area contributed by atoms with Crippen molar-refractivity contribution in [2.24, 2.45) is 0 Å². The van der Waals surface area contributed by atoms with Crippen molar-refractivity contribution in [3.8, 4) is 11.5 Å². The number of rotatable bonds is 6. The molecule has 0 aliphatic carbocycles. The van der Waals surface area contributed by atoms with E-state index in [1.54, 1.807) is 18.6 Å². The van der Waals surface area contributed by atoms with Crippen molar-refractivity contribution in [1.82, 2.24) is 15.0 Å². The number of amides is 1. The Morgan fingerprint density at radius 2 is 1.96 bits per heavy atom. The van der Waals surface area contributed by atoms with E-state index in [0.717, 1.165) is 22.0 Å². The monoisotopic (exact) mass is 366 g/mol. The maximum absolute atomic E-state index is 11.5. The van der Waals surface area contributed by atoms with Crippen molar-refractivity contribution < 1.29 is 9.53 Å². The Hall–Kier alpha value is -2.93. The van der Waals surface area contributed by atoms with E-state index in [0.29, 0.717) is 17.3 Å². The number of hydrogen-bond acceptors (Lipinski definition) is 6. The van der Waals surface area contributed by atoms with E-state index >= 15 is 0 Å². The van der Waals surface area contributed by atoms with Gasteiger partial charge in [0.1, 0.15) is 10.8 Å². The van der Waals surface area contributed by atoms with Gasteiger partial charge in [-0.3, -0.25) is 9.78 Å². The Kier molecular flexibility index (Phi) is 5.80. The van der Waals surface area contributed by atoms with Gasteiger partial charge in [-0.1, -0.05) is 24.8 Å². The van der Waals surface area contributed by atoms with Gasteiger partial charge in [0, 0.05) is 36.5 Å². The van der Waals surface area contributed by atoms with Gasteiger partial charge < -0.3 is 10.1 Å². The first-order valence-electron chi connectivity index (χ1n) is 8.14. The van der Waals surface area contributed by atoms with E-state index < -0.39 is 0 Å². The number of hydrogen-bond donors (Lipinski definition) is 1. The van der Waals surface area contributed by atoms with Crippen LogP contribution in [0.15, 0.2) is 64.9 Å². The van der Waals surface area contributed by atoms with E-state index in [2.05, 4.69) is 20.3 Å². The summed E-state index contributed by atoms with van der Waals surface area (Å²) >= 11 is 1.47. The average molecular weight is 366 g/mol. The predicted octanol–water partition coefficient (Wildman–Crippen LogP) is 4.34. The summed E-state index contributed by atoms with van der Waals surface area (Å²) in [4.78, 5) is 25.3. The van der Waals surface area contributed by atoms with Gasteiger partial charge in [0.2, 0.25) is 5.91 Å². The van der Waals surface area contributed by atoms with Crippen molar-refractivity contribution in [1.29, 1.82) is 0 Å². The lowest BCUT2D eigenvalue weighted by Crippen LogP contribution is -2.09. The number of pyridine rings is 3. The lowest BCUT2D eigenvalue weighted by atomic mass is 10.2. The largest absolute Gasteiger partial charge is 0.452 e. The van der Waals surface area contributed by atoms with Crippen LogP contribution in [0.1, 0.15) is 19.5 Å². The molecule has 3 rings (SSSR count). The average Bonchev–Trinajstić information content (AvgIpc) is 2.65. The summed E-state index contributed by atoms with van der Waals surface area (Å²) in [6, 6.07) is 11.2. The van der Waals surface area contributed by atoms with Crippen LogP contribution in [0.3, 0.4) is 0 Å². The first-order chi connectivity index (χ1) is 12.7. The highest BCUT2D eigenvalue weighted by atomic mass is 32.2. The zero-order chi connectivity index (χ0) is 18.4. The third-order valence-electron chi connectivity index (χ3n) is 3.39. The molecule has 7 heteroatoms. The minimum atomic E-state index is -0.214. The van der Waals surface area contributed by atoms with Crippen molar-refractivity contribution in [2.45, 2.75) is 30.2 Å². The van der Waals surface area contributed by atoms with Crippen molar-refractivity contribution in [3.05, 3.63) is 60.7 Å². The van der Waals surface area contributed by atoms with E-state index in [4.69, 9.17) is 4.74 Å². The van der Waals surface area contributed by atoms with E-state index in [9.17, 15) is 4.79 Å². The Bertz CT molecular complexity index is 903. The van der Waals surface area contributed by atoms with Crippen LogP contribution in [-0.4, -0.2) is 20.9 Å². The molecule has 0 aliphatic heterocycles. The molecule has 0 radical (unpaired) electrons. The highest BCUT2D eigenvalue weighted by Gasteiger charge is 2.13. The molecule has 0 bridgehead atoms. The van der Waals surface area contributed by atoms with Gasteiger partial charge >= 0.3 is 0 Å². The Labute approximate surface area is 156 Å². The fraction of sp³-hybridized carbons (Fsp3) is 0.158. The maximum Gasteiger partial charge on any atom is 0.222 e. The second kappa shape index (κ2) is 8.44. The van der Waals surface area contributed by atoms with Gasteiger partial charge in [-0.05, 0) is 30.7 Å². The van der Waals surface area contributed by atoms with Gasteiger partial charge in [0.15, 0.2) is 11.6 Å². The predicted molar refractivity (Wildman–Crippen MR) is 101 cm³/mol. The molecule has 3 aromatic rings. The Morgan fingerprint density at radius 1 is 1.12 bits per heavy atom. The van der Waals surface area contributed by atoms with E-state index in [1.807, 2.05) is 43.3 Å². The molecule has 0 saturated carbocycles. The highest BCUT2D eigenvalue weighted by Crippen LogP contribution is 2.35. The van der Waals surface area contributed by atoms with Crippen LogP contribution < -0.4 is 10.1 Å². The molecule has 0 saturated heterocycles. The standard InChI is InChI=1S/C19H18N4O2S/c1-3-15-16(7-6-10-20-15)25-17-11-14(12-22-19(17)23-13(2)24)26-18-8-4-5-9-21-18/h4-12H,3H2,1-2H3,(H,22,23,24). The number of carbonyl (C=O) groups excluding carboxylic acids is 1. The second-order valence-corrected chi connectivity index (χ2v) is 6.47. The molecule has 0 unspecified atom stereocenters. The summed E-state index contributed by atoms with van der Waals surface area (Å²) in [6.45, 7) is 3.44. The summed E-state index contributed by atoms with van der Waals surface area (Å²) < 4.78 is 6.04. The van der Waals surface area contributed by atoms with Crippen LogP contribution in [-0.2, 0) is 11.2 Å². The van der Waals surface area contributed by atoms with Crippen LogP contribution in [0, 0.1) is 0 Å². The van der Waals surface area contributed by atoms with Crippen molar-refractivity contribution in [3.63, 3.8) is 0 Å². The molecule has 6 nitrogen and oxygen atoms in total. The molecule has 3 aromatic heterocycles. The van der Waals surface area contributed by atoms with Gasteiger partial charge in [0.05, 0.1) is 5.69 Å². The van der Waals surface area contributed by atoms with Crippen LogP contribution in [0.2, 0.25) is 0 Å². The number of carbonyl (C=O) groups is 1. The smallest absolute Gasteiger partial charge is 0.222 e. The fourth-order valence-corrected chi connectivity index (χ4v) is 3.02. The molecule has 0 aliphatic rings. The molecule has 1 amide bonds. The molecular formula is C19H18N4O2S. The lowest BCUT2D eigenvalue weighted by Gasteiger charge is -2.13. The molecule has 0 fully saturated rings. The summed E-state index contributed by atoms with van der Waals surface area (Å²) in [5.74, 6) is 1.26. The van der Waals surface area contributed by atoms with Gasteiger partial charge in [-0.25, -0.2) is 9.97 Å². The molecule has 1 N–H and O–H groups in total. The zero-order valence-corrected chi connectivity index (χ0v) is 15.3. The first kappa shape index (κ1) is 17.9. The highest BCUT2D eigenvalue weighted by molar-refractivity contribution is 7.99. The minimum absolute atomic E-state index is 0.214. The minimum Gasteiger partial charge on any atom is -0.452 e. The number of aromatic nitrogens is 3. The summed E-state index contributed by atoms with van der Waals surface area (Å²) in [6.07, 6.45) is 5.89. The summed E-state index contributed by atoms with van der Waals surface area (Å²) in [7, 11) is 0. The molecule has 26 heavy (non-hydrogen) atoms. The number of nitrogens with one attached hydrogen (secondary N) is 1. The topological polar surface area (TPSA) is 77.0 Å². The Balaban J connectivity index is 1.93. The van der Waals surface area contributed by atoms with Gasteiger partial charge in [-0.15, -0.1) is 0 Å². The fourth-order valence-electron chi connectivity index (χ4n) is 2.25. The first-order valence-corrected chi connectivity index (χ1v) is 8.95. The number of nitrogens with zero attached hydrogens (tertiary/aromatic N) is 3. The van der Waals surface area contributed by atoms with E-state index in [-0.39, 0.29) is 5.91 Å². The number of anilines is 1. The van der Waals surface area contributed by atoms with Crippen molar-refractivity contribution in [2.75, 3.05) is 5.32 Å². The molecule has 0 atom stereocenters. The van der Waals surface area contributed by atoms with Crippen LogP contribution in [0.4, 0.5) is 5.82 Å². The summed E-state index contributed by atoms with van der Waals surface area (Å²) in [5.41, 5.74) is 0.837. The van der Waals surface area contributed by atoms with E-state index in [1.165, 1.54) is 18.7 Å². The number of aryl methyl sites for hydroxylation is 1. The molecular weight excluding hydrogens is 348 g/mol. The van der Waals surface area contributed by atoms with Crippen molar-refractivity contribution >= 4 is 23.5 Å². The Morgan fingerprint density at radius 3 is 2.69 bits per heavy atom. The summed E-state index contributed by atoms with van der Waals surface area (Å²) in [5, 5.41) is 3.55. The molecule has 132 valence electrons. The third kappa shape index (κ3) is 4.58. The van der Waals surface area contributed by atoms with Crippen LogP contribution in [0.5, 0.6) is 11.5 Å². The molecule has 3 heterocycles. The maximum atomic E-state index is 11.5. The number of ether oxygens (including phenoxy) is 1. The lowest BCUT2D eigenvalue weighted by molar-refractivity contribution is -0.114. The van der Waals surface area contributed by atoms with Gasteiger partial charge in [0.25, 0.3) is 0 Å². The second-order valence-electron chi connectivity index (χ2n) is 5.37. The SMILES string of the molecule is CCc1ncccc1Oc1cc(Sc2ccccn2)cnc1NC(C)=O. The normalized spacial score (nSPS) is 10.4. The van der Waals surface area contributed by atoms with Crippen LogP contribution >= 0.6 is 11.8 Å². The quantitative estimate of drug-likeness (QED) is 0.699. The third-order valence-corrected chi connectivity index (χ3v) is 4.30. The van der Waals surface area contributed by atoms with Crippen LogP contribution in [0.25, 0.3) is 0 Å². The zero-order valence-electron chi connectivity index (χ0n) is 14.5.